The van der Waals surface area contributed by atoms with Gasteiger partial charge in [-0.1, -0.05) is 161 Å². The van der Waals surface area contributed by atoms with Crippen molar-refractivity contribution in [3.05, 3.63) is 34.9 Å². The summed E-state index contributed by atoms with van der Waals surface area (Å²) in [5, 5.41) is -0.143. The number of aryl methyl sites for hydroxylation is 1. The first-order chi connectivity index (χ1) is 17.3. The van der Waals surface area contributed by atoms with Gasteiger partial charge in [0.05, 0.1) is 0 Å². The number of benzene rings is 1. The largest absolute Gasteiger partial charge is 0.125 e. The molecule has 2 heteroatoms. The molecular weight excluding hydrogens is 506 g/mol. The van der Waals surface area contributed by atoms with Crippen LogP contribution in [-0.4, -0.2) is 0 Å². The van der Waals surface area contributed by atoms with E-state index in [1.807, 2.05) is 0 Å². The average Bonchev–Trinajstić information content (AvgIpc) is 2.72. The second-order valence-electron chi connectivity index (χ2n) is 18.0. The molecule has 2 unspecified atom stereocenters. The topological polar surface area (TPSA) is 0 Å². The van der Waals surface area contributed by atoms with Crippen molar-refractivity contribution in [1.29, 1.82) is 0 Å². The SMILES string of the molecule is CC(C)(C)CCCCCCCCCc1ccc(C(P)(C(C)(C)C)C(C)(C)C)c(C(P)(C(C)(C)C)C(C)(C)C)c1. The molecule has 1 aromatic carbocycles. The van der Waals surface area contributed by atoms with Crippen LogP contribution >= 0.6 is 18.5 Å². The summed E-state index contributed by atoms with van der Waals surface area (Å²) in [4.78, 5) is 0. The number of rotatable bonds is 11. The molecule has 0 N–H and O–H groups in total. The molecule has 0 radical (unpaired) electrons. The molecule has 0 bridgehead atoms. The van der Waals surface area contributed by atoms with Crippen LogP contribution in [0.15, 0.2) is 18.2 Å². The second kappa shape index (κ2) is 13.2. The summed E-state index contributed by atoms with van der Waals surface area (Å²) < 4.78 is 0. The van der Waals surface area contributed by atoms with Gasteiger partial charge >= 0.3 is 0 Å². The lowest BCUT2D eigenvalue weighted by Gasteiger charge is -2.57. The number of unbranched alkanes of at least 4 members (excludes halogenated alkanes) is 6. The lowest BCUT2D eigenvalue weighted by atomic mass is 9.56. The molecule has 0 aliphatic carbocycles. The van der Waals surface area contributed by atoms with Gasteiger partial charge in [0.1, 0.15) is 0 Å². The summed E-state index contributed by atoms with van der Waals surface area (Å²) in [6.45, 7) is 36.2. The highest BCUT2D eigenvalue weighted by molar-refractivity contribution is 7.19. The van der Waals surface area contributed by atoms with Gasteiger partial charge in [0.25, 0.3) is 0 Å². The molecule has 228 valence electrons. The van der Waals surface area contributed by atoms with E-state index in [1.165, 1.54) is 74.5 Å². The first-order valence-corrected chi connectivity index (χ1v) is 17.2. The van der Waals surface area contributed by atoms with Crippen molar-refractivity contribution < 1.29 is 0 Å². The molecule has 1 aromatic rings. The third-order valence-electron chi connectivity index (χ3n) is 9.56. The molecule has 2 atom stereocenters. The van der Waals surface area contributed by atoms with Crippen LogP contribution in [-0.2, 0) is 16.7 Å². The van der Waals surface area contributed by atoms with E-state index in [1.54, 1.807) is 0 Å². The Labute approximate surface area is 251 Å². The van der Waals surface area contributed by atoms with Gasteiger partial charge in [-0.05, 0) is 63.0 Å². The van der Waals surface area contributed by atoms with Crippen LogP contribution in [0, 0.1) is 27.1 Å². The monoisotopic (exact) mass is 576 g/mol. The molecule has 0 saturated heterocycles. The van der Waals surface area contributed by atoms with Crippen molar-refractivity contribution in [2.75, 3.05) is 0 Å². The Morgan fingerprint density at radius 1 is 0.462 bits per heavy atom. The zero-order valence-corrected chi connectivity index (χ0v) is 31.6. The molecule has 0 saturated carbocycles. The summed E-state index contributed by atoms with van der Waals surface area (Å²) in [6.07, 6.45) is 12.1. The molecule has 0 aliphatic rings. The molecular formula is C37H70P2. The highest BCUT2D eigenvalue weighted by atomic mass is 31.0. The van der Waals surface area contributed by atoms with E-state index >= 15 is 0 Å². The zero-order chi connectivity index (χ0) is 30.7. The van der Waals surface area contributed by atoms with E-state index in [0.29, 0.717) is 5.41 Å². The molecule has 0 aliphatic heterocycles. The number of hydrogen-bond acceptors (Lipinski definition) is 0. The zero-order valence-electron chi connectivity index (χ0n) is 29.3. The fourth-order valence-electron chi connectivity index (χ4n) is 7.15. The van der Waals surface area contributed by atoms with E-state index in [-0.39, 0.29) is 32.0 Å². The molecule has 0 aromatic heterocycles. The van der Waals surface area contributed by atoms with Crippen LogP contribution in [0.2, 0.25) is 0 Å². The van der Waals surface area contributed by atoms with Crippen molar-refractivity contribution in [2.24, 2.45) is 27.1 Å². The second-order valence-corrected chi connectivity index (χ2v) is 19.8. The van der Waals surface area contributed by atoms with Crippen molar-refractivity contribution in [3.8, 4) is 0 Å². The molecule has 0 amide bonds. The standard InChI is InChI=1S/C37H70P2/c1-31(2,3)26-22-20-18-16-17-19-21-23-28-24-25-29(36(38,32(4,5)6)33(7,8)9)30(27-28)37(39,34(10,11)12)35(13,14)15/h24-25,27H,16-23,26,38-39H2,1-15H3. The maximum Gasteiger partial charge on any atom is 0.0197 e. The molecule has 0 spiro atoms. The maximum absolute atomic E-state index is 3.40. The van der Waals surface area contributed by atoms with Crippen LogP contribution in [0.4, 0.5) is 0 Å². The van der Waals surface area contributed by atoms with E-state index in [9.17, 15) is 0 Å². The van der Waals surface area contributed by atoms with Crippen LogP contribution in [0.3, 0.4) is 0 Å². The molecule has 0 fully saturated rings. The molecule has 0 heterocycles. The fraction of sp³-hybridized carbons (Fsp3) is 0.838. The Kier molecular flexibility index (Phi) is 12.5. The van der Waals surface area contributed by atoms with Crippen molar-refractivity contribution >= 4 is 18.5 Å². The Hall–Kier alpha value is 0.0800. The maximum atomic E-state index is 3.40. The number of hydrogen-bond donors (Lipinski definition) is 0. The lowest BCUT2D eigenvalue weighted by molar-refractivity contribution is 0.118. The first kappa shape index (κ1) is 37.1. The van der Waals surface area contributed by atoms with E-state index < -0.39 is 0 Å². The van der Waals surface area contributed by atoms with Gasteiger partial charge in [0, 0.05) is 10.3 Å². The van der Waals surface area contributed by atoms with Gasteiger partial charge in [0.15, 0.2) is 0 Å². The Balaban J connectivity index is 3.32. The lowest BCUT2D eigenvalue weighted by Crippen LogP contribution is -2.50. The predicted molar refractivity (Wildman–Crippen MR) is 187 cm³/mol. The van der Waals surface area contributed by atoms with Gasteiger partial charge in [-0.15, -0.1) is 18.5 Å². The minimum absolute atomic E-state index is 0.0703. The minimum Gasteiger partial charge on any atom is -0.125 e. The Bertz CT molecular complexity index is 860. The summed E-state index contributed by atoms with van der Waals surface area (Å²) in [5.41, 5.74) is 5.36. The fourth-order valence-corrected chi connectivity index (χ4v) is 7.64. The quantitative estimate of drug-likeness (QED) is 0.181. The van der Waals surface area contributed by atoms with Crippen LogP contribution in [0.1, 0.15) is 172 Å². The van der Waals surface area contributed by atoms with Crippen molar-refractivity contribution in [1.82, 2.24) is 0 Å². The van der Waals surface area contributed by atoms with Gasteiger partial charge in [-0.3, -0.25) is 0 Å². The molecule has 0 nitrogen and oxygen atoms in total. The van der Waals surface area contributed by atoms with Crippen LogP contribution < -0.4 is 0 Å². The van der Waals surface area contributed by atoms with E-state index in [4.69, 9.17) is 0 Å². The van der Waals surface area contributed by atoms with Gasteiger partial charge < -0.3 is 0 Å². The Morgan fingerprint density at radius 3 is 1.21 bits per heavy atom. The first-order valence-electron chi connectivity index (χ1n) is 16.0. The van der Waals surface area contributed by atoms with Gasteiger partial charge in [-0.25, -0.2) is 0 Å². The highest BCUT2D eigenvalue weighted by Crippen LogP contribution is 2.64. The summed E-state index contributed by atoms with van der Waals surface area (Å²) in [6, 6.07) is 7.58. The van der Waals surface area contributed by atoms with Crippen molar-refractivity contribution in [3.63, 3.8) is 0 Å². The van der Waals surface area contributed by atoms with Crippen molar-refractivity contribution in [2.45, 2.75) is 172 Å². The average molecular weight is 577 g/mol. The molecule has 1 rings (SSSR count). The van der Waals surface area contributed by atoms with Gasteiger partial charge in [0.2, 0.25) is 0 Å². The van der Waals surface area contributed by atoms with E-state index in [0.717, 1.165) is 0 Å². The normalized spacial score (nSPS) is 14.7. The minimum atomic E-state index is -0.0727. The third-order valence-corrected chi connectivity index (χ3v) is 13.6. The molecule has 39 heavy (non-hydrogen) atoms. The van der Waals surface area contributed by atoms with Gasteiger partial charge in [-0.2, -0.15) is 0 Å². The summed E-state index contributed by atoms with van der Waals surface area (Å²) in [5.74, 6) is 0. The Morgan fingerprint density at radius 2 is 0.821 bits per heavy atom. The smallest absolute Gasteiger partial charge is 0.0197 e. The highest BCUT2D eigenvalue weighted by Gasteiger charge is 2.55. The predicted octanol–water partition coefficient (Wildman–Crippen LogP) is 12.7. The van der Waals surface area contributed by atoms with Crippen LogP contribution in [0.5, 0.6) is 0 Å². The summed E-state index contributed by atoms with van der Waals surface area (Å²) in [7, 11) is 6.78. The third kappa shape index (κ3) is 9.03. The van der Waals surface area contributed by atoms with E-state index in [2.05, 4.69) is 141 Å². The summed E-state index contributed by atoms with van der Waals surface area (Å²) >= 11 is 0. The van der Waals surface area contributed by atoms with Crippen LogP contribution in [0.25, 0.3) is 0 Å².